The van der Waals surface area contributed by atoms with Gasteiger partial charge in [-0.3, -0.25) is 0 Å². The lowest BCUT2D eigenvalue weighted by molar-refractivity contribution is -0.120. The van der Waals surface area contributed by atoms with Gasteiger partial charge in [0.15, 0.2) is 0 Å². The highest BCUT2D eigenvalue weighted by Gasteiger charge is 2.32. The zero-order valence-corrected chi connectivity index (χ0v) is 12.3. The molecule has 0 unspecified atom stereocenters. The van der Waals surface area contributed by atoms with Crippen LogP contribution in [0.1, 0.15) is 33.3 Å². The third kappa shape index (κ3) is 5.77. The van der Waals surface area contributed by atoms with Crippen LogP contribution in [-0.2, 0) is 6.54 Å². The number of nitrogens with one attached hydrogen (secondary N) is 1. The molecule has 0 aliphatic carbocycles. The van der Waals surface area contributed by atoms with Crippen LogP contribution in [0, 0.1) is 0 Å². The minimum Gasteiger partial charge on any atom is -0.345 e. The molecule has 0 fully saturated rings. The zero-order valence-electron chi connectivity index (χ0n) is 12.3. The zero-order chi connectivity index (χ0) is 15.3. The molecular formula is C14H22F3N3. The summed E-state index contributed by atoms with van der Waals surface area (Å²) < 4.78 is 37.9. The second kappa shape index (κ2) is 6.92. The van der Waals surface area contributed by atoms with Gasteiger partial charge in [0.25, 0.3) is 0 Å². The summed E-state index contributed by atoms with van der Waals surface area (Å²) in [5.74, 6) is 0.361. The average molecular weight is 289 g/mol. The van der Waals surface area contributed by atoms with E-state index in [-0.39, 0.29) is 6.04 Å². The van der Waals surface area contributed by atoms with Gasteiger partial charge in [-0.2, -0.15) is 13.2 Å². The van der Waals surface area contributed by atoms with E-state index >= 15 is 0 Å². The van der Waals surface area contributed by atoms with Gasteiger partial charge in [-0.1, -0.05) is 13.8 Å². The van der Waals surface area contributed by atoms with Crippen LogP contribution in [0.5, 0.6) is 0 Å². The quantitative estimate of drug-likeness (QED) is 0.870. The Bertz CT molecular complexity index is 416. The SMILES string of the molecule is CC(C)NCc1ccnc(N(CC(F)(F)F)C(C)C)c1. The van der Waals surface area contributed by atoms with E-state index < -0.39 is 12.7 Å². The Morgan fingerprint density at radius 1 is 1.25 bits per heavy atom. The topological polar surface area (TPSA) is 28.2 Å². The van der Waals surface area contributed by atoms with Crippen LogP contribution in [-0.4, -0.2) is 29.8 Å². The molecule has 114 valence electrons. The monoisotopic (exact) mass is 289 g/mol. The van der Waals surface area contributed by atoms with E-state index in [9.17, 15) is 13.2 Å². The van der Waals surface area contributed by atoms with Crippen LogP contribution in [0.15, 0.2) is 18.3 Å². The highest BCUT2D eigenvalue weighted by Crippen LogP contribution is 2.23. The molecule has 6 heteroatoms. The number of anilines is 1. The lowest BCUT2D eigenvalue weighted by Gasteiger charge is -2.29. The van der Waals surface area contributed by atoms with Gasteiger partial charge in [-0.15, -0.1) is 0 Å². The molecule has 1 aromatic rings. The number of rotatable bonds is 6. The van der Waals surface area contributed by atoms with Crippen LogP contribution in [0.4, 0.5) is 19.0 Å². The fourth-order valence-electron chi connectivity index (χ4n) is 1.77. The van der Waals surface area contributed by atoms with Crippen molar-refractivity contribution in [1.29, 1.82) is 0 Å². The van der Waals surface area contributed by atoms with Crippen LogP contribution in [0.3, 0.4) is 0 Å². The van der Waals surface area contributed by atoms with Crippen molar-refractivity contribution in [3.8, 4) is 0 Å². The van der Waals surface area contributed by atoms with Gasteiger partial charge < -0.3 is 10.2 Å². The van der Waals surface area contributed by atoms with Crippen LogP contribution in [0.25, 0.3) is 0 Å². The van der Waals surface area contributed by atoms with Gasteiger partial charge in [0, 0.05) is 24.8 Å². The number of hydrogen-bond donors (Lipinski definition) is 1. The first-order chi connectivity index (χ1) is 9.19. The van der Waals surface area contributed by atoms with E-state index in [1.54, 1.807) is 26.1 Å². The van der Waals surface area contributed by atoms with Crippen molar-refractivity contribution >= 4 is 5.82 Å². The Morgan fingerprint density at radius 2 is 1.90 bits per heavy atom. The van der Waals surface area contributed by atoms with E-state index in [2.05, 4.69) is 10.3 Å². The maximum Gasteiger partial charge on any atom is 0.405 e. The van der Waals surface area contributed by atoms with Crippen molar-refractivity contribution in [3.63, 3.8) is 0 Å². The predicted octanol–water partition coefficient (Wildman–Crippen LogP) is 3.36. The molecule has 20 heavy (non-hydrogen) atoms. The molecule has 0 aliphatic heterocycles. The largest absolute Gasteiger partial charge is 0.405 e. The number of halogens is 3. The smallest absolute Gasteiger partial charge is 0.345 e. The standard InChI is InChI=1S/C14H22F3N3/c1-10(2)19-8-12-5-6-18-13(7-12)20(11(3)4)9-14(15,16)17/h5-7,10-11,19H,8-9H2,1-4H3. The number of aromatic nitrogens is 1. The number of alkyl halides is 3. The molecule has 0 aliphatic rings. The molecule has 1 N–H and O–H groups in total. The fourth-order valence-corrected chi connectivity index (χ4v) is 1.77. The molecule has 0 bridgehead atoms. The molecule has 0 saturated heterocycles. The fraction of sp³-hybridized carbons (Fsp3) is 0.643. The highest BCUT2D eigenvalue weighted by molar-refractivity contribution is 5.42. The first-order valence-electron chi connectivity index (χ1n) is 6.70. The third-order valence-electron chi connectivity index (χ3n) is 2.79. The first kappa shape index (κ1) is 16.8. The normalized spacial score (nSPS) is 12.2. The van der Waals surface area contributed by atoms with Crippen LogP contribution < -0.4 is 10.2 Å². The van der Waals surface area contributed by atoms with E-state index in [0.29, 0.717) is 18.4 Å². The summed E-state index contributed by atoms with van der Waals surface area (Å²) in [5.41, 5.74) is 0.927. The second-order valence-electron chi connectivity index (χ2n) is 5.39. The molecular weight excluding hydrogens is 267 g/mol. The lowest BCUT2D eigenvalue weighted by Crippen LogP contribution is -2.39. The summed E-state index contributed by atoms with van der Waals surface area (Å²) in [7, 11) is 0. The van der Waals surface area contributed by atoms with Crippen molar-refractivity contribution in [3.05, 3.63) is 23.9 Å². The number of nitrogens with zero attached hydrogens (tertiary/aromatic N) is 2. The Morgan fingerprint density at radius 3 is 2.40 bits per heavy atom. The average Bonchev–Trinajstić information content (AvgIpc) is 2.32. The molecule has 0 aromatic carbocycles. The minimum atomic E-state index is -4.24. The maximum atomic E-state index is 12.6. The van der Waals surface area contributed by atoms with Gasteiger partial charge in [0.1, 0.15) is 12.4 Å². The minimum absolute atomic E-state index is 0.266. The Labute approximate surface area is 118 Å². The second-order valence-corrected chi connectivity index (χ2v) is 5.39. The summed E-state index contributed by atoms with van der Waals surface area (Å²) in [6, 6.07) is 3.58. The van der Waals surface area contributed by atoms with Gasteiger partial charge >= 0.3 is 6.18 Å². The Hall–Kier alpha value is -1.30. The van der Waals surface area contributed by atoms with Gasteiger partial charge in [-0.05, 0) is 31.5 Å². The maximum absolute atomic E-state index is 12.6. The number of pyridine rings is 1. The number of hydrogen-bond acceptors (Lipinski definition) is 3. The molecule has 0 saturated carbocycles. The van der Waals surface area contributed by atoms with Crippen LogP contribution in [0.2, 0.25) is 0 Å². The Balaban J connectivity index is 2.88. The van der Waals surface area contributed by atoms with E-state index in [1.165, 1.54) is 4.90 Å². The van der Waals surface area contributed by atoms with E-state index in [4.69, 9.17) is 0 Å². The Kier molecular flexibility index (Phi) is 5.80. The molecule has 0 amide bonds. The summed E-state index contributed by atoms with van der Waals surface area (Å²) in [4.78, 5) is 5.33. The van der Waals surface area contributed by atoms with Gasteiger partial charge in [0.2, 0.25) is 0 Å². The molecule has 3 nitrogen and oxygen atoms in total. The van der Waals surface area contributed by atoms with E-state index in [1.807, 2.05) is 19.9 Å². The molecule has 1 aromatic heterocycles. The predicted molar refractivity (Wildman–Crippen MR) is 74.7 cm³/mol. The summed E-state index contributed by atoms with van der Waals surface area (Å²) in [6.45, 7) is 7.13. The molecule has 0 spiro atoms. The summed E-state index contributed by atoms with van der Waals surface area (Å²) >= 11 is 0. The van der Waals surface area contributed by atoms with Crippen molar-refractivity contribution in [1.82, 2.24) is 10.3 Å². The van der Waals surface area contributed by atoms with Crippen molar-refractivity contribution in [2.45, 2.75) is 52.5 Å². The first-order valence-corrected chi connectivity index (χ1v) is 6.70. The third-order valence-corrected chi connectivity index (χ3v) is 2.79. The molecule has 1 heterocycles. The molecule has 0 radical (unpaired) electrons. The van der Waals surface area contributed by atoms with Crippen molar-refractivity contribution < 1.29 is 13.2 Å². The van der Waals surface area contributed by atoms with Gasteiger partial charge in [-0.25, -0.2) is 4.98 Å². The van der Waals surface area contributed by atoms with E-state index in [0.717, 1.165) is 5.56 Å². The molecule has 0 atom stereocenters. The summed E-state index contributed by atoms with van der Waals surface area (Å²) in [6.07, 6.45) is -2.68. The highest BCUT2D eigenvalue weighted by atomic mass is 19.4. The van der Waals surface area contributed by atoms with Crippen LogP contribution >= 0.6 is 0 Å². The lowest BCUT2D eigenvalue weighted by atomic mass is 10.2. The van der Waals surface area contributed by atoms with Crippen molar-refractivity contribution in [2.75, 3.05) is 11.4 Å². The molecule has 1 rings (SSSR count). The summed E-state index contributed by atoms with van der Waals surface area (Å²) in [5, 5.41) is 3.24. The van der Waals surface area contributed by atoms with Crippen molar-refractivity contribution in [2.24, 2.45) is 0 Å². The van der Waals surface area contributed by atoms with Gasteiger partial charge in [0.05, 0.1) is 0 Å².